The van der Waals surface area contributed by atoms with E-state index in [1.807, 2.05) is 32.0 Å². The number of hydrogen-bond donors (Lipinski definition) is 2. The first-order valence-electron chi connectivity index (χ1n) is 5.50. The van der Waals surface area contributed by atoms with E-state index in [4.69, 9.17) is 5.11 Å². The number of hydrogen-bond acceptors (Lipinski definition) is 2. The zero-order chi connectivity index (χ0) is 13.5. The van der Waals surface area contributed by atoms with Crippen LogP contribution in [0.4, 0.5) is 0 Å². The summed E-state index contributed by atoms with van der Waals surface area (Å²) in [4.78, 5) is 19.1. The minimum atomic E-state index is -0.923. The minimum Gasteiger partial charge on any atom is -0.529 e. The molecule has 0 aliphatic heterocycles. The third-order valence-corrected chi connectivity index (χ3v) is 1.48. The standard InChI is InChI=1S/C7H8.C4H6NO3.C2H6.Fm/c1-7-5-3-2-4-6-7;6-3-5-2-1-4(7)8;1-2;/h2-6H,1H3;1-2H2,(H,5,6)(H,7,8);1-2H3;/q;-1;;. The Morgan fingerprint density at radius 2 is 1.78 bits per heavy atom. The maximum Gasteiger partial charge on any atom is 0.305 e. The zero-order valence-corrected chi connectivity index (χ0v) is 13.3. The van der Waals surface area contributed by atoms with Gasteiger partial charge in [-0.1, -0.05) is 49.7 Å². The molecular formula is C13H20FmNO3-. The Labute approximate surface area is 103 Å². The number of carbonyl (C=O) groups is 1. The van der Waals surface area contributed by atoms with Crippen LogP contribution in [0, 0.1) is 6.92 Å². The van der Waals surface area contributed by atoms with Crippen molar-refractivity contribution >= 4 is 12.4 Å². The molecule has 0 aliphatic carbocycles. The van der Waals surface area contributed by atoms with Gasteiger partial charge in [0.15, 0.2) is 0 Å². The number of carboxylic acid groups (broad SMARTS) is 1. The fourth-order valence-electron chi connectivity index (χ4n) is 0.755. The molecule has 4 nitrogen and oxygen atoms in total. The number of carboxylic acids is 1. The molecule has 0 aliphatic rings. The van der Waals surface area contributed by atoms with Crippen molar-refractivity contribution in [1.82, 2.24) is 5.32 Å². The van der Waals surface area contributed by atoms with Crippen molar-refractivity contribution in [1.29, 1.82) is 0 Å². The van der Waals surface area contributed by atoms with E-state index < -0.39 is 5.97 Å². The second-order valence-corrected chi connectivity index (χ2v) is 2.83. The Hall–Kier alpha value is -2.84. The Balaban J connectivity index is -0.000000210. The van der Waals surface area contributed by atoms with E-state index in [0.717, 1.165) is 0 Å². The topological polar surface area (TPSA) is 66.4 Å². The molecule has 0 radical (unpaired) electrons. The van der Waals surface area contributed by atoms with Gasteiger partial charge in [0, 0.05) is 0 Å². The summed E-state index contributed by atoms with van der Waals surface area (Å²) in [5.41, 5.74) is 1.32. The van der Waals surface area contributed by atoms with Crippen LogP contribution in [0.2, 0.25) is 0 Å². The van der Waals surface area contributed by atoms with Crippen LogP contribution < -0.4 is 5.32 Å². The summed E-state index contributed by atoms with van der Waals surface area (Å²) < 4.78 is 0. The molecule has 0 saturated heterocycles. The van der Waals surface area contributed by atoms with Crippen LogP contribution in [0.3, 0.4) is 0 Å². The molecule has 0 saturated carbocycles. The van der Waals surface area contributed by atoms with Crippen molar-refractivity contribution in [3.05, 3.63) is 35.9 Å². The number of aryl methyl sites for hydroxylation is 1. The van der Waals surface area contributed by atoms with Crippen LogP contribution in [0.5, 0.6) is 0 Å². The first-order valence-corrected chi connectivity index (χ1v) is 5.50. The van der Waals surface area contributed by atoms with E-state index >= 15 is 0 Å². The quantitative estimate of drug-likeness (QED) is 0.383. The molecule has 5 heteroatoms. The monoisotopic (exact) mass is 495 g/mol. The van der Waals surface area contributed by atoms with Crippen molar-refractivity contribution in [3.63, 3.8) is 0 Å². The Morgan fingerprint density at radius 3 is 2.06 bits per heavy atom. The van der Waals surface area contributed by atoms with E-state index in [9.17, 15) is 9.59 Å². The van der Waals surface area contributed by atoms with Gasteiger partial charge in [-0.05, 0) is 13.5 Å². The molecule has 0 unspecified atom stereocenters. The smallest absolute Gasteiger partial charge is 0.305 e. The molecule has 0 aromatic heterocycles. The molecule has 0 fully saturated rings. The molecule has 0 atom stereocenters. The predicted molar refractivity (Wildman–Crippen MR) is 68.5 cm³/mol. The summed E-state index contributed by atoms with van der Waals surface area (Å²) in [6.07, 6.45) is 1.31. The minimum absolute atomic E-state index is 0. The second-order valence-electron chi connectivity index (χ2n) is 2.83. The number of benzene rings is 1. The molecule has 108 valence electrons. The van der Waals surface area contributed by atoms with Gasteiger partial charge in [0.1, 0.15) is 0 Å². The summed E-state index contributed by atoms with van der Waals surface area (Å²) in [7, 11) is 0. The third-order valence-electron chi connectivity index (χ3n) is 1.48. The summed E-state index contributed by atoms with van der Waals surface area (Å²) in [6, 6.07) is 10.3. The largest absolute Gasteiger partial charge is 0.529 e. The summed E-state index contributed by atoms with van der Waals surface area (Å²) >= 11 is 0. The molecular weight excluding hydrogens is 475 g/mol. The van der Waals surface area contributed by atoms with E-state index in [1.165, 1.54) is 12.0 Å². The SMILES string of the molecule is CC.Cc1ccccc1.O=[C-]NCCC(=O)O.[Fm]. The number of nitrogens with one attached hydrogen (secondary N) is 1. The van der Waals surface area contributed by atoms with Gasteiger partial charge in [-0.25, -0.2) is 0 Å². The number of carbonyl (C=O) groups excluding carboxylic acids is 1. The molecule has 1 rings (SSSR count). The number of amides is 1. The fourth-order valence-corrected chi connectivity index (χ4v) is 0.755. The van der Waals surface area contributed by atoms with Crippen molar-refractivity contribution in [2.24, 2.45) is 0 Å². The summed E-state index contributed by atoms with van der Waals surface area (Å²) in [5, 5.41) is 10.1. The summed E-state index contributed by atoms with van der Waals surface area (Å²) in [6.45, 7) is 6.23. The molecule has 0 heterocycles. The van der Waals surface area contributed by atoms with Crippen LogP contribution in [-0.4, -0.2) is 24.0 Å². The van der Waals surface area contributed by atoms with Crippen molar-refractivity contribution in [2.45, 2.75) is 27.2 Å². The van der Waals surface area contributed by atoms with E-state index in [-0.39, 0.29) is 13.0 Å². The molecule has 2 N–H and O–H groups in total. The summed E-state index contributed by atoms with van der Waals surface area (Å²) in [5.74, 6) is -0.923. The first kappa shape index (κ1) is 20.6. The van der Waals surface area contributed by atoms with Crippen LogP contribution >= 0.6 is 0 Å². The van der Waals surface area contributed by atoms with Crippen molar-refractivity contribution in [2.75, 3.05) is 6.54 Å². The molecule has 0 spiro atoms. The van der Waals surface area contributed by atoms with Gasteiger partial charge in [0.25, 0.3) is 0 Å². The van der Waals surface area contributed by atoms with Crippen LogP contribution in [-0.2, 0) is 9.59 Å². The average molecular weight is 495 g/mol. The van der Waals surface area contributed by atoms with Gasteiger partial charge in [0.2, 0.25) is 0 Å². The van der Waals surface area contributed by atoms with Crippen molar-refractivity contribution in [3.8, 4) is 0 Å². The Bertz CT molecular complexity index is 292. The molecule has 1 aromatic rings. The van der Waals surface area contributed by atoms with E-state index in [0.29, 0.717) is 0 Å². The van der Waals surface area contributed by atoms with E-state index in [1.54, 1.807) is 0 Å². The fraction of sp³-hybridized carbons (Fsp3) is 0.385. The molecule has 1 aromatic carbocycles. The average Bonchev–Trinajstić information content (AvgIpc) is 2.33. The van der Waals surface area contributed by atoms with Gasteiger partial charge in [-0.2, -0.15) is 6.41 Å². The van der Waals surface area contributed by atoms with Crippen LogP contribution in [0.1, 0.15) is 25.8 Å². The van der Waals surface area contributed by atoms with Gasteiger partial charge in [-0.3, -0.25) is 4.79 Å². The van der Waals surface area contributed by atoms with Gasteiger partial charge in [0.05, 0.1) is 6.42 Å². The maximum absolute atomic E-state index is 9.70. The second kappa shape index (κ2) is 16.6. The number of rotatable bonds is 4. The van der Waals surface area contributed by atoms with Gasteiger partial charge in [-0.15, -0.1) is 0 Å². The third kappa shape index (κ3) is 18.9. The van der Waals surface area contributed by atoms with Crippen LogP contribution in [0.15, 0.2) is 30.3 Å². The maximum atomic E-state index is 9.70. The number of aliphatic carboxylic acids is 1. The molecule has 1 amide bonds. The molecule has 18 heavy (non-hydrogen) atoms. The van der Waals surface area contributed by atoms with Gasteiger partial charge < -0.3 is 15.2 Å². The first-order chi connectivity index (χ1) is 8.16. The Kier molecular flexibility index (Phi) is 18.9. The normalized spacial score (nSPS) is 7.28. The predicted octanol–water partition coefficient (Wildman–Crippen LogP) is 2.14. The zero-order valence-electron chi connectivity index (χ0n) is 10.9. The molecule has 0 bridgehead atoms. The Morgan fingerprint density at radius 1 is 1.28 bits per heavy atom. The van der Waals surface area contributed by atoms with Crippen molar-refractivity contribution < 1.29 is 14.7 Å². The van der Waals surface area contributed by atoms with Gasteiger partial charge >= 0.3 is 5.97 Å². The van der Waals surface area contributed by atoms with Crippen LogP contribution in [0.25, 0.3) is 0 Å². The van der Waals surface area contributed by atoms with E-state index in [2.05, 4.69) is 24.4 Å².